The van der Waals surface area contributed by atoms with Gasteiger partial charge in [0.1, 0.15) is 5.82 Å². The Labute approximate surface area is 205 Å². The number of alkyl halides is 3. The van der Waals surface area contributed by atoms with Gasteiger partial charge in [-0.05, 0) is 58.4 Å². The molecule has 2 aromatic carbocycles. The second-order valence-electron chi connectivity index (χ2n) is 6.79. The number of rotatable bonds is 7. The number of aromatic nitrogens is 2. The van der Waals surface area contributed by atoms with Crippen molar-refractivity contribution < 1.29 is 21.6 Å². The Kier molecular flexibility index (Phi) is 7.51. The summed E-state index contributed by atoms with van der Waals surface area (Å²) in [7, 11) is -1.72. The van der Waals surface area contributed by atoms with Crippen molar-refractivity contribution in [2.75, 3.05) is 29.5 Å². The molecule has 14 heteroatoms. The second-order valence-corrected chi connectivity index (χ2v) is 10.4. The van der Waals surface area contributed by atoms with Crippen molar-refractivity contribution in [1.82, 2.24) is 14.3 Å². The number of nitrogens with zero attached hydrogens (tertiary/aromatic N) is 3. The highest BCUT2D eigenvalue weighted by Gasteiger charge is 2.35. The fourth-order valence-corrected chi connectivity index (χ4v) is 3.68. The van der Waals surface area contributed by atoms with Crippen LogP contribution in [0.3, 0.4) is 0 Å². The van der Waals surface area contributed by atoms with Gasteiger partial charge in [0.25, 0.3) is 0 Å². The summed E-state index contributed by atoms with van der Waals surface area (Å²) in [6, 6.07) is 10.4. The number of hydrogen-bond donors (Lipinski definition) is 3. The van der Waals surface area contributed by atoms with Crippen LogP contribution in [0.1, 0.15) is 5.56 Å². The molecule has 0 saturated heterocycles. The predicted octanol–water partition coefficient (Wildman–Crippen LogP) is 5.73. The van der Waals surface area contributed by atoms with E-state index in [2.05, 4.69) is 52.5 Å². The summed E-state index contributed by atoms with van der Waals surface area (Å²) >= 11 is 6.68. The van der Waals surface area contributed by atoms with Crippen molar-refractivity contribution in [2.24, 2.45) is 0 Å². The standard InChI is InChI=1S/C19H17Br2F3N6O2S/c1-30(2)33(31,32)29-16-8-7-13(9-14(16)19(22,23)24)27-18-25-10-15(21)17(28-18)26-12-5-3-11(20)4-6-12/h3-10,29H,1-2H3,(H2,25,26,27,28). The van der Waals surface area contributed by atoms with Crippen LogP contribution in [0, 0.1) is 0 Å². The van der Waals surface area contributed by atoms with Crippen LogP contribution in [-0.4, -0.2) is 36.8 Å². The molecule has 3 N–H and O–H groups in total. The van der Waals surface area contributed by atoms with E-state index in [-0.39, 0.29) is 11.6 Å². The maximum Gasteiger partial charge on any atom is 0.418 e. The molecule has 0 aliphatic heterocycles. The SMILES string of the molecule is CN(C)S(=O)(=O)Nc1ccc(Nc2ncc(Br)c(Nc3ccc(Br)cc3)n2)cc1C(F)(F)F. The van der Waals surface area contributed by atoms with Gasteiger partial charge in [-0.1, -0.05) is 15.9 Å². The molecule has 1 aromatic heterocycles. The first kappa shape index (κ1) is 25.2. The second kappa shape index (κ2) is 9.83. The third-order valence-corrected chi connectivity index (χ3v) is 6.70. The Bertz CT molecular complexity index is 1260. The number of benzene rings is 2. The highest BCUT2D eigenvalue weighted by atomic mass is 79.9. The van der Waals surface area contributed by atoms with Crippen LogP contribution in [0.2, 0.25) is 0 Å². The molecule has 0 unspecified atom stereocenters. The van der Waals surface area contributed by atoms with E-state index in [1.165, 1.54) is 26.4 Å². The van der Waals surface area contributed by atoms with Gasteiger partial charge in [0, 0.05) is 36.1 Å². The fourth-order valence-electron chi connectivity index (χ4n) is 2.49. The smallest absolute Gasteiger partial charge is 0.339 e. The molecule has 3 rings (SSSR count). The molecule has 0 aliphatic rings. The number of halogens is 5. The van der Waals surface area contributed by atoms with Crippen LogP contribution in [0.5, 0.6) is 0 Å². The highest BCUT2D eigenvalue weighted by Crippen LogP contribution is 2.37. The van der Waals surface area contributed by atoms with Crippen LogP contribution in [0.15, 0.2) is 57.6 Å². The quantitative estimate of drug-likeness (QED) is 0.317. The Balaban J connectivity index is 1.89. The van der Waals surface area contributed by atoms with E-state index in [1.807, 2.05) is 29.0 Å². The van der Waals surface area contributed by atoms with Crippen molar-refractivity contribution >= 4 is 70.9 Å². The van der Waals surface area contributed by atoms with Crippen LogP contribution in [0.25, 0.3) is 0 Å². The van der Waals surface area contributed by atoms with Gasteiger partial charge in [-0.25, -0.2) is 4.98 Å². The summed E-state index contributed by atoms with van der Waals surface area (Å²) in [5.41, 5.74) is -1.01. The summed E-state index contributed by atoms with van der Waals surface area (Å²) in [4.78, 5) is 8.36. The molecule has 8 nitrogen and oxygen atoms in total. The molecule has 0 saturated carbocycles. The predicted molar refractivity (Wildman–Crippen MR) is 128 cm³/mol. The number of nitrogens with one attached hydrogen (secondary N) is 3. The zero-order valence-electron chi connectivity index (χ0n) is 17.1. The molecule has 0 aliphatic carbocycles. The molecular formula is C19H17Br2F3N6O2S. The van der Waals surface area contributed by atoms with Crippen molar-refractivity contribution in [2.45, 2.75) is 6.18 Å². The van der Waals surface area contributed by atoms with Crippen LogP contribution >= 0.6 is 31.9 Å². The lowest BCUT2D eigenvalue weighted by Gasteiger charge is -2.18. The topological polar surface area (TPSA) is 99.3 Å². The Hall–Kier alpha value is -2.42. The van der Waals surface area contributed by atoms with E-state index in [9.17, 15) is 21.6 Å². The van der Waals surface area contributed by atoms with Gasteiger partial charge < -0.3 is 10.6 Å². The van der Waals surface area contributed by atoms with E-state index in [1.54, 1.807) is 0 Å². The van der Waals surface area contributed by atoms with E-state index in [0.29, 0.717) is 10.3 Å². The van der Waals surface area contributed by atoms with Crippen molar-refractivity contribution in [1.29, 1.82) is 0 Å². The highest BCUT2D eigenvalue weighted by molar-refractivity contribution is 9.10. The number of anilines is 5. The summed E-state index contributed by atoms with van der Waals surface area (Å²) in [6.45, 7) is 0. The molecule has 0 fully saturated rings. The Morgan fingerprint density at radius 3 is 2.21 bits per heavy atom. The molecule has 33 heavy (non-hydrogen) atoms. The maximum atomic E-state index is 13.6. The van der Waals surface area contributed by atoms with E-state index in [4.69, 9.17) is 0 Å². The Morgan fingerprint density at radius 2 is 1.61 bits per heavy atom. The largest absolute Gasteiger partial charge is 0.418 e. The average molecular weight is 610 g/mol. The number of hydrogen-bond acceptors (Lipinski definition) is 6. The molecule has 0 bridgehead atoms. The van der Waals surface area contributed by atoms with Gasteiger partial charge in [0.15, 0.2) is 0 Å². The van der Waals surface area contributed by atoms with Crippen molar-refractivity contribution in [3.05, 3.63) is 63.2 Å². The van der Waals surface area contributed by atoms with E-state index in [0.717, 1.165) is 26.6 Å². The molecular weight excluding hydrogens is 593 g/mol. The summed E-state index contributed by atoms with van der Waals surface area (Å²) in [5.74, 6) is 0.425. The van der Waals surface area contributed by atoms with E-state index >= 15 is 0 Å². The minimum Gasteiger partial charge on any atom is -0.339 e. The summed E-state index contributed by atoms with van der Waals surface area (Å²) < 4.78 is 68.9. The minimum atomic E-state index is -4.81. The summed E-state index contributed by atoms with van der Waals surface area (Å²) in [5, 5.41) is 5.80. The van der Waals surface area contributed by atoms with Gasteiger partial charge in [0.2, 0.25) is 5.95 Å². The molecule has 1 heterocycles. The lowest BCUT2D eigenvalue weighted by Crippen LogP contribution is -2.30. The monoisotopic (exact) mass is 608 g/mol. The molecule has 176 valence electrons. The van der Waals surface area contributed by atoms with Gasteiger partial charge in [-0.3, -0.25) is 4.72 Å². The third-order valence-electron chi connectivity index (χ3n) is 4.15. The van der Waals surface area contributed by atoms with Gasteiger partial charge >= 0.3 is 16.4 Å². The molecule has 0 atom stereocenters. The van der Waals surface area contributed by atoms with Crippen LogP contribution in [0.4, 0.5) is 42.0 Å². The first-order chi connectivity index (χ1) is 15.3. The lowest BCUT2D eigenvalue weighted by molar-refractivity contribution is -0.136. The van der Waals surface area contributed by atoms with Gasteiger partial charge in [-0.15, -0.1) is 0 Å². The van der Waals surface area contributed by atoms with Crippen LogP contribution < -0.4 is 15.4 Å². The molecule has 0 spiro atoms. The van der Waals surface area contributed by atoms with Crippen LogP contribution in [-0.2, 0) is 16.4 Å². The third kappa shape index (κ3) is 6.56. The van der Waals surface area contributed by atoms with Crippen molar-refractivity contribution in [3.8, 4) is 0 Å². The normalized spacial score (nSPS) is 12.0. The zero-order valence-corrected chi connectivity index (χ0v) is 21.1. The van der Waals surface area contributed by atoms with Gasteiger partial charge in [0.05, 0.1) is 15.7 Å². The molecule has 3 aromatic rings. The Morgan fingerprint density at radius 1 is 0.970 bits per heavy atom. The molecule has 0 radical (unpaired) electrons. The zero-order chi connectivity index (χ0) is 24.4. The fraction of sp³-hybridized carbons (Fsp3) is 0.158. The maximum absolute atomic E-state index is 13.6. The average Bonchev–Trinajstić information content (AvgIpc) is 2.72. The van der Waals surface area contributed by atoms with Gasteiger partial charge in [-0.2, -0.15) is 30.9 Å². The minimum absolute atomic E-state index is 0.0204. The first-order valence-electron chi connectivity index (χ1n) is 9.09. The van der Waals surface area contributed by atoms with E-state index < -0.39 is 27.6 Å². The summed E-state index contributed by atoms with van der Waals surface area (Å²) in [6.07, 6.45) is -3.36. The lowest BCUT2D eigenvalue weighted by atomic mass is 10.1. The van der Waals surface area contributed by atoms with Crippen molar-refractivity contribution in [3.63, 3.8) is 0 Å². The first-order valence-corrected chi connectivity index (χ1v) is 12.1. The molecule has 0 amide bonds.